The zero-order chi connectivity index (χ0) is 15.1. The molecule has 2 heterocycles. The number of esters is 1. The molecule has 0 bridgehead atoms. The number of aromatic nitrogens is 1. The molecule has 1 aliphatic heterocycles. The minimum Gasteiger partial charge on any atom is -0.465 e. The molecule has 1 aromatic rings. The van der Waals surface area contributed by atoms with Crippen molar-refractivity contribution in [3.8, 4) is 0 Å². The Bertz CT molecular complexity index is 526. The van der Waals surface area contributed by atoms with Crippen molar-refractivity contribution in [2.45, 2.75) is 45.8 Å². The fourth-order valence-corrected chi connectivity index (χ4v) is 2.06. The summed E-state index contributed by atoms with van der Waals surface area (Å²) in [4.78, 5) is 15.8. The van der Waals surface area contributed by atoms with E-state index in [-0.39, 0.29) is 0 Å². The number of rotatable bonds is 2. The van der Waals surface area contributed by atoms with Gasteiger partial charge in [-0.25, -0.2) is 4.79 Å². The first kappa shape index (κ1) is 15.0. The lowest BCUT2D eigenvalue weighted by Gasteiger charge is -2.32. The monoisotopic (exact) mass is 277 g/mol. The Labute approximate surface area is 119 Å². The molecule has 1 saturated heterocycles. The minimum absolute atomic E-state index is 0.409. The summed E-state index contributed by atoms with van der Waals surface area (Å²) in [6, 6.07) is 0. The Kier molecular flexibility index (Phi) is 3.65. The highest BCUT2D eigenvalue weighted by molar-refractivity contribution is 6.62. The summed E-state index contributed by atoms with van der Waals surface area (Å²) >= 11 is 0. The van der Waals surface area contributed by atoms with Gasteiger partial charge >= 0.3 is 13.1 Å². The maximum atomic E-state index is 11.7. The number of carbonyl (C=O) groups excluding carboxylic acids is 1. The van der Waals surface area contributed by atoms with Crippen LogP contribution in [-0.4, -0.2) is 36.4 Å². The van der Waals surface area contributed by atoms with Crippen LogP contribution in [0, 0.1) is 6.92 Å². The average molecular weight is 277 g/mol. The van der Waals surface area contributed by atoms with Gasteiger partial charge < -0.3 is 14.0 Å². The van der Waals surface area contributed by atoms with Crippen LogP contribution in [0.2, 0.25) is 0 Å². The Morgan fingerprint density at radius 3 is 2.25 bits per heavy atom. The van der Waals surface area contributed by atoms with Crippen LogP contribution in [0.5, 0.6) is 0 Å². The van der Waals surface area contributed by atoms with Crippen LogP contribution in [0.15, 0.2) is 12.4 Å². The molecule has 2 rings (SSSR count). The molecule has 1 fully saturated rings. The fraction of sp³-hybridized carbons (Fsp3) is 0.571. The minimum atomic E-state index is -0.530. The Hall–Kier alpha value is -1.40. The highest BCUT2D eigenvalue weighted by atomic mass is 16.7. The Morgan fingerprint density at radius 2 is 1.75 bits per heavy atom. The van der Waals surface area contributed by atoms with Gasteiger partial charge in [0, 0.05) is 17.9 Å². The molecule has 5 nitrogen and oxygen atoms in total. The van der Waals surface area contributed by atoms with Crippen molar-refractivity contribution in [2.24, 2.45) is 0 Å². The van der Waals surface area contributed by atoms with E-state index >= 15 is 0 Å². The average Bonchev–Trinajstić information content (AvgIpc) is 2.57. The van der Waals surface area contributed by atoms with Gasteiger partial charge in [-0.15, -0.1) is 0 Å². The van der Waals surface area contributed by atoms with Crippen molar-refractivity contribution in [1.29, 1.82) is 0 Å². The normalized spacial score (nSPS) is 20.0. The SMILES string of the molecule is COC(=O)c1cncc(B2OC(C)(C)C(C)(C)O2)c1C. The largest absolute Gasteiger partial charge is 0.496 e. The summed E-state index contributed by atoms with van der Waals surface area (Å²) in [5.41, 5.74) is 1.10. The standard InChI is InChI=1S/C14H20BNO4/c1-9-10(12(17)18-6)7-16-8-11(9)15-19-13(2,3)14(4,5)20-15/h7-8H,1-6H3. The first-order valence-electron chi connectivity index (χ1n) is 6.58. The number of carbonyl (C=O) groups is 1. The number of hydrogen-bond acceptors (Lipinski definition) is 5. The summed E-state index contributed by atoms with van der Waals surface area (Å²) in [5.74, 6) is -0.409. The molecule has 0 saturated carbocycles. The summed E-state index contributed by atoms with van der Waals surface area (Å²) in [5, 5.41) is 0. The van der Waals surface area contributed by atoms with Gasteiger partial charge in [0.15, 0.2) is 0 Å². The number of nitrogens with zero attached hydrogens (tertiary/aromatic N) is 1. The van der Waals surface area contributed by atoms with Crippen molar-refractivity contribution in [2.75, 3.05) is 7.11 Å². The second-order valence-electron chi connectivity index (χ2n) is 5.98. The molecule has 0 radical (unpaired) electrons. The van der Waals surface area contributed by atoms with Gasteiger partial charge in [0.1, 0.15) is 0 Å². The summed E-state index contributed by atoms with van der Waals surface area (Å²) in [6.07, 6.45) is 3.17. The smallest absolute Gasteiger partial charge is 0.465 e. The molecule has 0 amide bonds. The van der Waals surface area contributed by atoms with Crippen LogP contribution in [0.25, 0.3) is 0 Å². The van der Waals surface area contributed by atoms with E-state index in [2.05, 4.69) is 4.98 Å². The Morgan fingerprint density at radius 1 is 1.20 bits per heavy atom. The van der Waals surface area contributed by atoms with Crippen molar-refractivity contribution in [1.82, 2.24) is 4.98 Å². The molecular formula is C14H20BNO4. The lowest BCUT2D eigenvalue weighted by molar-refractivity contribution is 0.00578. The molecule has 1 aliphatic rings. The summed E-state index contributed by atoms with van der Waals surface area (Å²) < 4.78 is 16.7. The maximum absolute atomic E-state index is 11.7. The second-order valence-corrected chi connectivity index (χ2v) is 5.98. The third-order valence-electron chi connectivity index (χ3n) is 4.17. The Balaban J connectivity index is 2.39. The van der Waals surface area contributed by atoms with Crippen LogP contribution in [0.3, 0.4) is 0 Å². The van der Waals surface area contributed by atoms with Crippen LogP contribution < -0.4 is 5.46 Å². The van der Waals surface area contributed by atoms with E-state index in [1.165, 1.54) is 13.3 Å². The van der Waals surface area contributed by atoms with E-state index in [4.69, 9.17) is 14.0 Å². The third kappa shape index (κ3) is 2.34. The van der Waals surface area contributed by atoms with Crippen LogP contribution in [-0.2, 0) is 14.0 Å². The van der Waals surface area contributed by atoms with Crippen LogP contribution >= 0.6 is 0 Å². The van der Waals surface area contributed by atoms with Gasteiger partial charge in [0.25, 0.3) is 0 Å². The lowest BCUT2D eigenvalue weighted by atomic mass is 9.76. The van der Waals surface area contributed by atoms with E-state index in [1.54, 1.807) is 6.20 Å². The zero-order valence-electron chi connectivity index (χ0n) is 12.8. The van der Waals surface area contributed by atoms with Crippen molar-refractivity contribution in [3.63, 3.8) is 0 Å². The molecular weight excluding hydrogens is 257 g/mol. The van der Waals surface area contributed by atoms with E-state index in [1.807, 2.05) is 34.6 Å². The van der Waals surface area contributed by atoms with Gasteiger partial charge in [-0.05, 0) is 40.2 Å². The second kappa shape index (κ2) is 4.86. The molecule has 108 valence electrons. The van der Waals surface area contributed by atoms with Crippen molar-refractivity contribution in [3.05, 3.63) is 23.5 Å². The highest BCUT2D eigenvalue weighted by Crippen LogP contribution is 2.36. The molecule has 0 unspecified atom stereocenters. The number of methoxy groups -OCH3 is 1. The first-order valence-corrected chi connectivity index (χ1v) is 6.58. The van der Waals surface area contributed by atoms with Gasteiger partial charge in [-0.2, -0.15) is 0 Å². The lowest BCUT2D eigenvalue weighted by Crippen LogP contribution is -2.41. The van der Waals surface area contributed by atoms with Crippen LogP contribution in [0.1, 0.15) is 43.6 Å². The molecule has 0 atom stereocenters. The molecule has 0 N–H and O–H groups in total. The molecule has 0 spiro atoms. The highest BCUT2D eigenvalue weighted by Gasteiger charge is 2.52. The van der Waals surface area contributed by atoms with Crippen molar-refractivity contribution < 1.29 is 18.8 Å². The first-order chi connectivity index (χ1) is 9.19. The number of hydrogen-bond donors (Lipinski definition) is 0. The summed E-state index contributed by atoms with van der Waals surface area (Å²) in [7, 11) is 0.820. The van der Waals surface area contributed by atoms with Crippen LogP contribution in [0.4, 0.5) is 0 Å². The van der Waals surface area contributed by atoms with Gasteiger partial charge in [-0.1, -0.05) is 0 Å². The van der Waals surface area contributed by atoms with E-state index < -0.39 is 24.3 Å². The predicted octanol–water partition coefficient (Wildman–Crippen LogP) is 1.48. The molecule has 0 aliphatic carbocycles. The van der Waals surface area contributed by atoms with E-state index in [9.17, 15) is 4.79 Å². The number of pyridine rings is 1. The van der Waals surface area contributed by atoms with Gasteiger partial charge in [0.05, 0.1) is 23.9 Å². The molecule has 1 aromatic heterocycles. The zero-order valence-corrected chi connectivity index (χ0v) is 12.8. The van der Waals surface area contributed by atoms with Crippen molar-refractivity contribution >= 4 is 18.6 Å². The molecule has 6 heteroatoms. The third-order valence-corrected chi connectivity index (χ3v) is 4.17. The molecule has 20 heavy (non-hydrogen) atoms. The maximum Gasteiger partial charge on any atom is 0.496 e. The number of ether oxygens (including phenoxy) is 1. The van der Waals surface area contributed by atoms with Gasteiger partial charge in [-0.3, -0.25) is 4.98 Å². The quantitative estimate of drug-likeness (QED) is 0.605. The van der Waals surface area contributed by atoms with Gasteiger partial charge in [0.2, 0.25) is 0 Å². The molecule has 0 aromatic carbocycles. The van der Waals surface area contributed by atoms with E-state index in [0.717, 1.165) is 11.0 Å². The fourth-order valence-electron chi connectivity index (χ4n) is 2.06. The topological polar surface area (TPSA) is 57.7 Å². The summed E-state index contributed by atoms with van der Waals surface area (Å²) in [6.45, 7) is 9.79. The van der Waals surface area contributed by atoms with E-state index in [0.29, 0.717) is 5.56 Å². The predicted molar refractivity (Wildman–Crippen MR) is 76.0 cm³/mol.